The number of hydrogen-bond donors (Lipinski definition) is 9. The number of carboxylic acids is 1. The lowest BCUT2D eigenvalue weighted by Crippen LogP contribution is -2.57. The van der Waals surface area contributed by atoms with Gasteiger partial charge in [-0.2, -0.15) is 0 Å². The van der Waals surface area contributed by atoms with Crippen LogP contribution in [0.3, 0.4) is 0 Å². The van der Waals surface area contributed by atoms with E-state index in [4.69, 9.17) is 22.9 Å². The monoisotopic (exact) mass is 460 g/mol. The smallest absolute Gasteiger partial charge is 0.326 e. The van der Waals surface area contributed by atoms with E-state index < -0.39 is 54.5 Å². The molecule has 0 aromatic carbocycles. The molecular weight excluding hydrogens is 424 g/mol. The zero-order chi connectivity index (χ0) is 24.7. The van der Waals surface area contributed by atoms with E-state index in [0.29, 0.717) is 32.2 Å². The summed E-state index contributed by atoms with van der Waals surface area (Å²) in [5.41, 5.74) is 21.5. The van der Waals surface area contributed by atoms with Gasteiger partial charge in [-0.05, 0) is 39.2 Å². The number of rotatable bonds is 16. The Bertz CT molecular complexity index is 653. The van der Waals surface area contributed by atoms with E-state index in [1.165, 1.54) is 6.92 Å². The number of aliphatic hydroxyl groups excluding tert-OH is 1. The van der Waals surface area contributed by atoms with Crippen LogP contribution in [-0.2, 0) is 19.2 Å². The molecule has 0 fully saturated rings. The molecule has 0 rings (SSSR count). The van der Waals surface area contributed by atoms with Gasteiger partial charge in [0.1, 0.15) is 12.1 Å². The standard InChI is InChI=1S/C18H36N8O6/c1-10(27)14(26-15(29)11(20)5-2-3-7-19)16(30)24-9-13(28)25-12(17(31)32)6-4-8-23-18(21)22/h10-12,14,27H,2-9,19-20H2,1H3,(H,24,30)(H,25,28)(H,26,29)(H,31,32)(H4,21,22,23). The second-order valence-corrected chi connectivity index (χ2v) is 7.24. The Balaban J connectivity index is 4.67. The highest BCUT2D eigenvalue weighted by atomic mass is 16.4. The number of nitrogens with two attached hydrogens (primary N) is 4. The largest absolute Gasteiger partial charge is 0.480 e. The number of guanidine groups is 1. The van der Waals surface area contributed by atoms with Crippen LogP contribution in [0.4, 0.5) is 0 Å². The van der Waals surface area contributed by atoms with Crippen molar-refractivity contribution in [2.75, 3.05) is 19.6 Å². The summed E-state index contributed by atoms with van der Waals surface area (Å²) in [6.45, 7) is 1.40. The number of nitrogens with one attached hydrogen (secondary N) is 3. The van der Waals surface area contributed by atoms with Crippen LogP contribution >= 0.6 is 0 Å². The molecule has 0 bridgehead atoms. The lowest BCUT2D eigenvalue weighted by Gasteiger charge is -2.23. The summed E-state index contributed by atoms with van der Waals surface area (Å²) in [5.74, 6) is -3.59. The molecule has 0 aromatic rings. The number of aliphatic hydroxyl groups is 1. The Morgan fingerprint density at radius 2 is 1.66 bits per heavy atom. The first-order chi connectivity index (χ1) is 15.0. The molecule has 0 heterocycles. The summed E-state index contributed by atoms with van der Waals surface area (Å²) in [6.07, 6.45) is 0.804. The average Bonchev–Trinajstić information content (AvgIpc) is 2.71. The number of carbonyl (C=O) groups is 4. The number of carbonyl (C=O) groups excluding carboxylic acids is 3. The molecule has 4 unspecified atom stereocenters. The molecule has 0 aromatic heterocycles. The molecule has 14 nitrogen and oxygen atoms in total. The fourth-order valence-electron chi connectivity index (χ4n) is 2.59. The molecule has 14 heteroatoms. The average molecular weight is 461 g/mol. The Labute approximate surface area is 186 Å². The molecule has 0 aliphatic carbocycles. The second-order valence-electron chi connectivity index (χ2n) is 7.24. The Morgan fingerprint density at radius 1 is 1.00 bits per heavy atom. The molecule has 0 aliphatic rings. The Kier molecular flexibility index (Phi) is 14.3. The van der Waals surface area contributed by atoms with Gasteiger partial charge in [-0.1, -0.05) is 6.42 Å². The van der Waals surface area contributed by atoms with Gasteiger partial charge in [-0.25, -0.2) is 4.79 Å². The normalized spacial score (nSPS) is 14.4. The molecule has 0 radical (unpaired) electrons. The van der Waals surface area contributed by atoms with E-state index in [9.17, 15) is 29.4 Å². The van der Waals surface area contributed by atoms with Crippen molar-refractivity contribution in [2.24, 2.45) is 27.9 Å². The zero-order valence-corrected chi connectivity index (χ0v) is 18.3. The van der Waals surface area contributed by atoms with Crippen LogP contribution < -0.4 is 38.9 Å². The van der Waals surface area contributed by atoms with Crippen LogP contribution in [0.5, 0.6) is 0 Å². The number of nitrogens with zero attached hydrogens (tertiary/aromatic N) is 1. The van der Waals surface area contributed by atoms with Crippen molar-refractivity contribution in [3.8, 4) is 0 Å². The van der Waals surface area contributed by atoms with E-state index in [2.05, 4.69) is 20.9 Å². The third-order valence-corrected chi connectivity index (χ3v) is 4.37. The summed E-state index contributed by atoms with van der Waals surface area (Å²) in [7, 11) is 0. The molecule has 0 saturated carbocycles. The van der Waals surface area contributed by atoms with Gasteiger partial charge in [0.25, 0.3) is 0 Å². The number of hydrogen-bond acceptors (Lipinski definition) is 8. The van der Waals surface area contributed by atoms with E-state index in [-0.39, 0.29) is 18.9 Å². The van der Waals surface area contributed by atoms with Gasteiger partial charge in [0.05, 0.1) is 18.7 Å². The van der Waals surface area contributed by atoms with Crippen molar-refractivity contribution < 1.29 is 29.4 Å². The summed E-state index contributed by atoms with van der Waals surface area (Å²) >= 11 is 0. The highest BCUT2D eigenvalue weighted by molar-refractivity contribution is 5.92. The van der Waals surface area contributed by atoms with Crippen molar-refractivity contribution in [3.63, 3.8) is 0 Å². The maximum absolute atomic E-state index is 12.3. The quantitative estimate of drug-likeness (QED) is 0.0612. The molecule has 4 atom stereocenters. The summed E-state index contributed by atoms with van der Waals surface area (Å²) in [4.78, 5) is 51.5. The Morgan fingerprint density at radius 3 is 2.19 bits per heavy atom. The first kappa shape index (κ1) is 29.0. The molecular formula is C18H36N8O6. The zero-order valence-electron chi connectivity index (χ0n) is 18.3. The summed E-state index contributed by atoms with van der Waals surface area (Å²) in [5, 5.41) is 25.9. The van der Waals surface area contributed by atoms with E-state index >= 15 is 0 Å². The van der Waals surface area contributed by atoms with Crippen molar-refractivity contribution in [1.29, 1.82) is 0 Å². The SMILES string of the molecule is CC(O)C(NC(=O)C(N)CCCCN)C(=O)NCC(=O)NC(CCCN=C(N)N)C(=O)O. The van der Waals surface area contributed by atoms with E-state index in [1.54, 1.807) is 0 Å². The van der Waals surface area contributed by atoms with Gasteiger partial charge in [-0.15, -0.1) is 0 Å². The lowest BCUT2D eigenvalue weighted by atomic mass is 10.1. The third kappa shape index (κ3) is 12.7. The second kappa shape index (κ2) is 15.8. The van der Waals surface area contributed by atoms with Crippen molar-refractivity contribution in [1.82, 2.24) is 16.0 Å². The number of aliphatic imine (C=N–C) groups is 1. The lowest BCUT2D eigenvalue weighted by molar-refractivity contribution is -0.142. The maximum atomic E-state index is 12.3. The van der Waals surface area contributed by atoms with Crippen LogP contribution in [0.2, 0.25) is 0 Å². The highest BCUT2D eigenvalue weighted by Crippen LogP contribution is 2.01. The number of carboxylic acid groups (broad SMARTS) is 1. The van der Waals surface area contributed by atoms with Gasteiger partial charge in [-0.3, -0.25) is 19.4 Å². The number of aliphatic carboxylic acids is 1. The minimum atomic E-state index is -1.34. The summed E-state index contributed by atoms with van der Waals surface area (Å²) in [6, 6.07) is -3.42. The first-order valence-electron chi connectivity index (χ1n) is 10.3. The van der Waals surface area contributed by atoms with Gasteiger partial charge in [0.15, 0.2) is 5.96 Å². The molecule has 0 spiro atoms. The molecule has 0 aliphatic heterocycles. The van der Waals surface area contributed by atoms with E-state index in [1.807, 2.05) is 0 Å². The minimum Gasteiger partial charge on any atom is -0.480 e. The van der Waals surface area contributed by atoms with Crippen LogP contribution in [0.1, 0.15) is 39.0 Å². The molecule has 184 valence electrons. The predicted octanol–water partition coefficient (Wildman–Crippen LogP) is -3.95. The van der Waals surface area contributed by atoms with Crippen molar-refractivity contribution in [3.05, 3.63) is 0 Å². The van der Waals surface area contributed by atoms with Gasteiger partial charge >= 0.3 is 5.97 Å². The van der Waals surface area contributed by atoms with Crippen molar-refractivity contribution in [2.45, 2.75) is 63.3 Å². The first-order valence-corrected chi connectivity index (χ1v) is 10.3. The van der Waals surface area contributed by atoms with Crippen molar-refractivity contribution >= 4 is 29.7 Å². The fraction of sp³-hybridized carbons (Fsp3) is 0.722. The van der Waals surface area contributed by atoms with Crippen LogP contribution in [0.15, 0.2) is 4.99 Å². The number of amides is 3. The third-order valence-electron chi connectivity index (χ3n) is 4.37. The fourth-order valence-corrected chi connectivity index (χ4v) is 2.59. The molecule has 32 heavy (non-hydrogen) atoms. The van der Waals surface area contributed by atoms with Crippen LogP contribution in [0.25, 0.3) is 0 Å². The number of unbranched alkanes of at least 4 members (excludes halogenated alkanes) is 1. The molecule has 3 amide bonds. The maximum Gasteiger partial charge on any atom is 0.326 e. The van der Waals surface area contributed by atoms with E-state index in [0.717, 1.165) is 0 Å². The topological polar surface area (TPSA) is 261 Å². The van der Waals surface area contributed by atoms with Gasteiger partial charge in [0.2, 0.25) is 17.7 Å². The molecule has 0 saturated heterocycles. The van der Waals surface area contributed by atoms with Crippen LogP contribution in [0, 0.1) is 0 Å². The minimum absolute atomic E-state index is 0.0696. The summed E-state index contributed by atoms with van der Waals surface area (Å²) < 4.78 is 0. The molecule has 13 N–H and O–H groups in total. The predicted molar refractivity (Wildman–Crippen MR) is 117 cm³/mol. The van der Waals surface area contributed by atoms with Crippen LogP contribution in [-0.4, -0.2) is 83.7 Å². The van der Waals surface area contributed by atoms with Gasteiger partial charge in [0, 0.05) is 6.54 Å². The van der Waals surface area contributed by atoms with Gasteiger partial charge < -0.3 is 49.1 Å². The highest BCUT2D eigenvalue weighted by Gasteiger charge is 2.28. The Hall–Kier alpha value is -2.97.